The lowest BCUT2D eigenvalue weighted by Crippen LogP contribution is -2.18. The third kappa shape index (κ3) is 2.01. The van der Waals surface area contributed by atoms with Crippen LogP contribution in [-0.2, 0) is 9.53 Å². The number of hydrogen-bond acceptors (Lipinski definition) is 2. The summed E-state index contributed by atoms with van der Waals surface area (Å²) >= 11 is 0. The van der Waals surface area contributed by atoms with Gasteiger partial charge >= 0.3 is 0 Å². The minimum absolute atomic E-state index is 0.113. The minimum atomic E-state index is -0.262. The largest absolute Gasteiger partial charge is 0.378 e. The SMILES string of the molecule is NC(=O)C[C@H]1CCCO1. The van der Waals surface area contributed by atoms with Gasteiger partial charge in [0.1, 0.15) is 0 Å². The first-order valence-electron chi connectivity index (χ1n) is 3.19. The second kappa shape index (κ2) is 2.82. The zero-order valence-electron chi connectivity index (χ0n) is 5.30. The molecule has 1 heterocycles. The van der Waals surface area contributed by atoms with Gasteiger partial charge in [-0.05, 0) is 12.8 Å². The fraction of sp³-hybridized carbons (Fsp3) is 0.833. The second-order valence-electron chi connectivity index (χ2n) is 2.31. The van der Waals surface area contributed by atoms with Crippen molar-refractivity contribution in [2.24, 2.45) is 5.73 Å². The molecule has 1 rings (SSSR count). The maximum absolute atomic E-state index is 10.3. The maximum Gasteiger partial charge on any atom is 0.220 e. The number of nitrogens with two attached hydrogens (primary N) is 1. The number of carbonyl (C=O) groups excluding carboxylic acids is 1. The van der Waals surface area contributed by atoms with Crippen molar-refractivity contribution in [2.45, 2.75) is 25.4 Å². The Kier molecular flexibility index (Phi) is 2.05. The van der Waals surface area contributed by atoms with Crippen LogP contribution in [0.25, 0.3) is 0 Å². The summed E-state index contributed by atoms with van der Waals surface area (Å²) in [5.74, 6) is -0.262. The number of ether oxygens (including phenoxy) is 1. The fourth-order valence-corrected chi connectivity index (χ4v) is 1.03. The smallest absolute Gasteiger partial charge is 0.220 e. The third-order valence-corrected chi connectivity index (χ3v) is 1.45. The van der Waals surface area contributed by atoms with Gasteiger partial charge in [0, 0.05) is 6.61 Å². The minimum Gasteiger partial charge on any atom is -0.378 e. The Morgan fingerprint density at radius 2 is 2.56 bits per heavy atom. The Morgan fingerprint density at radius 3 is 3.00 bits per heavy atom. The maximum atomic E-state index is 10.3. The Hall–Kier alpha value is -0.570. The molecule has 0 saturated carbocycles. The summed E-state index contributed by atoms with van der Waals surface area (Å²) in [7, 11) is 0. The number of rotatable bonds is 2. The van der Waals surface area contributed by atoms with E-state index in [1.807, 2.05) is 0 Å². The van der Waals surface area contributed by atoms with E-state index in [0.29, 0.717) is 6.42 Å². The molecule has 2 N–H and O–H groups in total. The molecule has 0 bridgehead atoms. The highest BCUT2D eigenvalue weighted by Gasteiger charge is 2.16. The highest BCUT2D eigenvalue weighted by Crippen LogP contribution is 2.14. The van der Waals surface area contributed by atoms with Crippen molar-refractivity contribution in [3.63, 3.8) is 0 Å². The summed E-state index contributed by atoms with van der Waals surface area (Å²) in [6.07, 6.45) is 2.56. The quantitative estimate of drug-likeness (QED) is 0.572. The van der Waals surface area contributed by atoms with Crippen molar-refractivity contribution in [3.8, 4) is 0 Å². The van der Waals surface area contributed by atoms with Crippen molar-refractivity contribution in [2.75, 3.05) is 6.61 Å². The van der Waals surface area contributed by atoms with Crippen molar-refractivity contribution < 1.29 is 9.53 Å². The van der Waals surface area contributed by atoms with Gasteiger partial charge in [-0.1, -0.05) is 0 Å². The van der Waals surface area contributed by atoms with Crippen LogP contribution >= 0.6 is 0 Å². The lowest BCUT2D eigenvalue weighted by atomic mass is 10.2. The zero-order chi connectivity index (χ0) is 6.69. The van der Waals surface area contributed by atoms with E-state index in [1.165, 1.54) is 0 Å². The van der Waals surface area contributed by atoms with Crippen LogP contribution in [0.5, 0.6) is 0 Å². The molecule has 1 aliphatic rings. The van der Waals surface area contributed by atoms with Gasteiger partial charge in [0.15, 0.2) is 0 Å². The molecular weight excluding hydrogens is 118 g/mol. The van der Waals surface area contributed by atoms with E-state index in [-0.39, 0.29) is 12.0 Å². The molecule has 1 aliphatic heterocycles. The molecule has 0 spiro atoms. The van der Waals surface area contributed by atoms with Gasteiger partial charge in [0.05, 0.1) is 12.5 Å². The summed E-state index contributed by atoms with van der Waals surface area (Å²) in [4.78, 5) is 10.3. The Bertz CT molecular complexity index is 108. The Balaban J connectivity index is 2.19. The molecule has 0 aromatic carbocycles. The molecule has 0 aromatic rings. The fourth-order valence-electron chi connectivity index (χ4n) is 1.03. The molecule has 1 atom stereocenters. The van der Waals surface area contributed by atoms with E-state index >= 15 is 0 Å². The van der Waals surface area contributed by atoms with Crippen LogP contribution in [0.3, 0.4) is 0 Å². The topological polar surface area (TPSA) is 52.3 Å². The Labute approximate surface area is 54.2 Å². The van der Waals surface area contributed by atoms with Crippen LogP contribution in [0, 0.1) is 0 Å². The van der Waals surface area contributed by atoms with Crippen LogP contribution in [-0.4, -0.2) is 18.6 Å². The molecule has 1 amide bonds. The number of amides is 1. The van der Waals surface area contributed by atoms with Crippen LogP contribution in [0.15, 0.2) is 0 Å². The van der Waals surface area contributed by atoms with Gasteiger partial charge in [-0.15, -0.1) is 0 Å². The average Bonchev–Trinajstić information content (AvgIpc) is 2.15. The number of carbonyl (C=O) groups is 1. The molecule has 0 unspecified atom stereocenters. The molecule has 1 fully saturated rings. The summed E-state index contributed by atoms with van der Waals surface area (Å²) in [6, 6.07) is 0. The molecular formula is C6H11NO2. The van der Waals surface area contributed by atoms with E-state index in [1.54, 1.807) is 0 Å². The van der Waals surface area contributed by atoms with Gasteiger partial charge in [-0.25, -0.2) is 0 Å². The molecule has 3 heteroatoms. The van der Waals surface area contributed by atoms with Gasteiger partial charge < -0.3 is 10.5 Å². The Morgan fingerprint density at radius 1 is 1.78 bits per heavy atom. The molecule has 1 saturated heterocycles. The van der Waals surface area contributed by atoms with Crippen LogP contribution < -0.4 is 5.73 Å². The first-order chi connectivity index (χ1) is 4.29. The third-order valence-electron chi connectivity index (χ3n) is 1.45. The van der Waals surface area contributed by atoms with Crippen molar-refractivity contribution in [1.29, 1.82) is 0 Å². The normalized spacial score (nSPS) is 26.4. The standard InChI is InChI=1S/C6H11NO2/c7-6(8)4-5-2-1-3-9-5/h5H,1-4H2,(H2,7,8)/t5-/m1/s1. The summed E-state index contributed by atoms with van der Waals surface area (Å²) in [5, 5.41) is 0. The molecule has 0 aliphatic carbocycles. The molecule has 0 aromatic heterocycles. The predicted molar refractivity (Wildman–Crippen MR) is 32.8 cm³/mol. The summed E-state index contributed by atoms with van der Waals surface area (Å²) in [6.45, 7) is 0.790. The molecule has 9 heavy (non-hydrogen) atoms. The van der Waals surface area contributed by atoms with Crippen molar-refractivity contribution in [1.82, 2.24) is 0 Å². The molecule has 3 nitrogen and oxygen atoms in total. The van der Waals surface area contributed by atoms with E-state index in [4.69, 9.17) is 10.5 Å². The lowest BCUT2D eigenvalue weighted by molar-refractivity contribution is -0.120. The van der Waals surface area contributed by atoms with Gasteiger partial charge in [0.2, 0.25) is 5.91 Å². The monoisotopic (exact) mass is 129 g/mol. The van der Waals surface area contributed by atoms with Gasteiger partial charge in [-0.3, -0.25) is 4.79 Å². The van der Waals surface area contributed by atoms with Crippen LogP contribution in [0.2, 0.25) is 0 Å². The van der Waals surface area contributed by atoms with Crippen molar-refractivity contribution in [3.05, 3.63) is 0 Å². The lowest BCUT2D eigenvalue weighted by Gasteiger charge is -2.03. The molecule has 52 valence electrons. The van der Waals surface area contributed by atoms with E-state index in [0.717, 1.165) is 19.4 Å². The van der Waals surface area contributed by atoms with Crippen LogP contribution in [0.4, 0.5) is 0 Å². The average molecular weight is 129 g/mol. The highest BCUT2D eigenvalue weighted by atomic mass is 16.5. The zero-order valence-corrected chi connectivity index (χ0v) is 5.30. The van der Waals surface area contributed by atoms with E-state index < -0.39 is 0 Å². The first kappa shape index (κ1) is 6.55. The predicted octanol–water partition coefficient (Wildman–Crippen LogP) is 0.0408. The van der Waals surface area contributed by atoms with E-state index in [9.17, 15) is 4.79 Å². The first-order valence-corrected chi connectivity index (χ1v) is 3.19. The summed E-state index contributed by atoms with van der Waals surface area (Å²) < 4.78 is 5.16. The number of hydrogen-bond donors (Lipinski definition) is 1. The summed E-state index contributed by atoms with van der Waals surface area (Å²) in [5.41, 5.74) is 4.95. The number of primary amides is 1. The second-order valence-corrected chi connectivity index (χ2v) is 2.31. The highest BCUT2D eigenvalue weighted by molar-refractivity contribution is 5.74. The van der Waals surface area contributed by atoms with Crippen molar-refractivity contribution >= 4 is 5.91 Å². The van der Waals surface area contributed by atoms with Gasteiger partial charge in [0.25, 0.3) is 0 Å². The van der Waals surface area contributed by atoms with Gasteiger partial charge in [-0.2, -0.15) is 0 Å². The van der Waals surface area contributed by atoms with E-state index in [2.05, 4.69) is 0 Å². The molecule has 0 radical (unpaired) electrons. The van der Waals surface area contributed by atoms with Crippen LogP contribution in [0.1, 0.15) is 19.3 Å².